The molecule has 2 fully saturated rings. The highest BCUT2D eigenvalue weighted by Crippen LogP contribution is 2.35. The Morgan fingerprint density at radius 1 is 1.38 bits per heavy atom. The Hall–Kier alpha value is -3.04. The summed E-state index contributed by atoms with van der Waals surface area (Å²) in [4.78, 5) is 42.3. The topological polar surface area (TPSA) is 141 Å². The molecule has 174 valence electrons. The van der Waals surface area contributed by atoms with Gasteiger partial charge in [0.25, 0.3) is 5.91 Å². The number of carbonyl (C=O) groups is 3. The molecule has 1 aliphatic carbocycles. The number of amides is 3. The summed E-state index contributed by atoms with van der Waals surface area (Å²) in [6, 6.07) is 0.606. The van der Waals surface area contributed by atoms with Gasteiger partial charge >= 0.3 is 0 Å². The zero-order valence-corrected chi connectivity index (χ0v) is 18.5. The van der Waals surface area contributed by atoms with Gasteiger partial charge in [-0.3, -0.25) is 24.8 Å². The number of anilines is 1. The van der Waals surface area contributed by atoms with Crippen LogP contribution in [0.5, 0.6) is 0 Å². The van der Waals surface area contributed by atoms with Gasteiger partial charge in [-0.15, -0.1) is 0 Å². The van der Waals surface area contributed by atoms with Crippen molar-refractivity contribution >= 4 is 29.1 Å². The maximum absolute atomic E-state index is 14.2. The second-order valence-corrected chi connectivity index (χ2v) is 9.38. The van der Waals surface area contributed by atoms with Crippen molar-refractivity contribution in [2.45, 2.75) is 64.2 Å². The predicted octanol–water partition coefficient (Wildman–Crippen LogP) is 1.37. The highest BCUT2D eigenvalue weighted by Gasteiger charge is 2.41. The zero-order valence-electron chi connectivity index (χ0n) is 18.5. The Balaban J connectivity index is 1.64. The normalized spacial score (nSPS) is 24.6. The molecule has 2 heterocycles. The molecule has 0 spiro atoms. The molecular formula is C22H31FN6O3. The van der Waals surface area contributed by atoms with Crippen LogP contribution in [0.1, 0.15) is 51.5 Å². The van der Waals surface area contributed by atoms with E-state index in [9.17, 15) is 18.8 Å². The number of likely N-dealkylation sites (tertiary alicyclic amines) is 1. The van der Waals surface area contributed by atoms with Crippen LogP contribution in [0.15, 0.2) is 18.5 Å². The fraction of sp³-hybridized carbons (Fsp3) is 0.591. The quantitative estimate of drug-likeness (QED) is 0.468. The molecule has 9 nitrogen and oxygen atoms in total. The summed E-state index contributed by atoms with van der Waals surface area (Å²) in [6.45, 7) is 3.96. The van der Waals surface area contributed by atoms with E-state index < -0.39 is 29.7 Å². The largest absolute Gasteiger partial charge is 0.374 e. The summed E-state index contributed by atoms with van der Waals surface area (Å²) in [5, 5.41) is 13.7. The van der Waals surface area contributed by atoms with Crippen molar-refractivity contribution in [3.63, 3.8) is 0 Å². The zero-order chi connectivity index (χ0) is 23.5. The van der Waals surface area contributed by atoms with Gasteiger partial charge in [0.2, 0.25) is 11.8 Å². The summed E-state index contributed by atoms with van der Waals surface area (Å²) < 4.78 is 14.2. The van der Waals surface area contributed by atoms with Crippen molar-refractivity contribution in [3.8, 4) is 0 Å². The van der Waals surface area contributed by atoms with E-state index >= 15 is 0 Å². The van der Waals surface area contributed by atoms with Gasteiger partial charge in [0.15, 0.2) is 0 Å². The summed E-state index contributed by atoms with van der Waals surface area (Å²) in [6.07, 6.45) is 5.34. The number of hydrogen-bond acceptors (Lipinski definition) is 6. The molecule has 1 aliphatic heterocycles. The fourth-order valence-corrected chi connectivity index (χ4v) is 4.59. The van der Waals surface area contributed by atoms with Gasteiger partial charge in [-0.25, -0.2) is 4.39 Å². The number of hydrogen-bond donors (Lipinski definition) is 4. The van der Waals surface area contributed by atoms with Crippen molar-refractivity contribution in [2.24, 2.45) is 11.1 Å². The van der Waals surface area contributed by atoms with Gasteiger partial charge in [-0.1, -0.05) is 20.3 Å². The Kier molecular flexibility index (Phi) is 7.10. The van der Waals surface area contributed by atoms with E-state index in [1.54, 1.807) is 0 Å². The van der Waals surface area contributed by atoms with Crippen molar-refractivity contribution in [1.82, 2.24) is 15.2 Å². The number of carbonyl (C=O) groups excluding carboxylic acids is 3. The summed E-state index contributed by atoms with van der Waals surface area (Å²) in [5.41, 5.74) is 5.40. The van der Waals surface area contributed by atoms with Crippen LogP contribution in [0.25, 0.3) is 0 Å². The third kappa shape index (κ3) is 5.60. The van der Waals surface area contributed by atoms with Crippen LogP contribution in [0, 0.1) is 10.8 Å². The van der Waals surface area contributed by atoms with Crippen LogP contribution >= 0.6 is 0 Å². The SMILES string of the molecule is CC1(C)CCC[C@H](NC(=O)[C@@H]2C[C@@H](F)CN2C(=O)CNc2cnccc2C(=N)C(N)=O)C1. The highest BCUT2D eigenvalue weighted by atomic mass is 19.1. The van der Waals surface area contributed by atoms with Gasteiger partial charge < -0.3 is 21.3 Å². The summed E-state index contributed by atoms with van der Waals surface area (Å²) in [7, 11) is 0. The molecule has 1 saturated heterocycles. The van der Waals surface area contributed by atoms with Crippen molar-refractivity contribution in [3.05, 3.63) is 24.0 Å². The van der Waals surface area contributed by atoms with Crippen LogP contribution in [-0.2, 0) is 14.4 Å². The van der Waals surface area contributed by atoms with Crippen LogP contribution in [0.4, 0.5) is 10.1 Å². The van der Waals surface area contributed by atoms with E-state index in [1.807, 2.05) is 0 Å². The average molecular weight is 447 g/mol. The smallest absolute Gasteiger partial charge is 0.267 e. The first kappa shape index (κ1) is 23.6. The van der Waals surface area contributed by atoms with Crippen molar-refractivity contribution in [2.75, 3.05) is 18.4 Å². The molecule has 3 amide bonds. The van der Waals surface area contributed by atoms with E-state index in [4.69, 9.17) is 11.1 Å². The molecule has 0 radical (unpaired) electrons. The third-order valence-electron chi connectivity index (χ3n) is 6.19. The number of aromatic nitrogens is 1. The maximum Gasteiger partial charge on any atom is 0.267 e. The van der Waals surface area contributed by atoms with Crippen LogP contribution in [0.3, 0.4) is 0 Å². The van der Waals surface area contributed by atoms with E-state index in [0.29, 0.717) is 0 Å². The first-order valence-electron chi connectivity index (χ1n) is 10.9. The summed E-state index contributed by atoms with van der Waals surface area (Å²) in [5.74, 6) is -1.68. The molecule has 3 rings (SSSR count). The molecule has 0 unspecified atom stereocenters. The predicted molar refractivity (Wildman–Crippen MR) is 118 cm³/mol. The molecule has 10 heteroatoms. The molecule has 1 aromatic heterocycles. The number of primary amides is 1. The minimum atomic E-state index is -1.27. The van der Waals surface area contributed by atoms with Crippen LogP contribution in [-0.4, -0.2) is 64.7 Å². The first-order valence-corrected chi connectivity index (χ1v) is 10.9. The minimum absolute atomic E-state index is 0.0257. The van der Waals surface area contributed by atoms with Gasteiger partial charge in [-0.05, 0) is 30.7 Å². The lowest BCUT2D eigenvalue weighted by molar-refractivity contribution is -0.137. The molecule has 32 heavy (non-hydrogen) atoms. The lowest BCUT2D eigenvalue weighted by Crippen LogP contribution is -2.51. The Morgan fingerprint density at radius 3 is 2.81 bits per heavy atom. The number of rotatable bonds is 7. The van der Waals surface area contributed by atoms with Crippen LogP contribution in [0.2, 0.25) is 0 Å². The number of halogens is 1. The first-order chi connectivity index (χ1) is 15.1. The monoisotopic (exact) mass is 446 g/mol. The molecule has 1 aromatic rings. The third-order valence-corrected chi connectivity index (χ3v) is 6.19. The molecule has 3 atom stereocenters. The second-order valence-electron chi connectivity index (χ2n) is 9.38. The number of alkyl halides is 1. The number of pyridine rings is 1. The van der Waals surface area contributed by atoms with E-state index in [2.05, 4.69) is 29.5 Å². The van der Waals surface area contributed by atoms with Gasteiger partial charge in [0, 0.05) is 24.2 Å². The average Bonchev–Trinajstić information content (AvgIpc) is 3.13. The standard InChI is InChI=1S/C22H31FN6O3/c1-22(2)6-3-4-14(9-22)28-21(32)17-8-13(23)12-29(17)18(30)11-27-16-10-26-7-5-15(16)19(24)20(25)31/h5,7,10,13-14,17,24,27H,3-4,6,8-9,11-12H2,1-2H3,(H2,25,31)(H,28,32)/t13-,14+,17+/m1/s1. The molecule has 0 bridgehead atoms. The van der Waals surface area contributed by atoms with Crippen LogP contribution < -0.4 is 16.4 Å². The Morgan fingerprint density at radius 2 is 2.12 bits per heavy atom. The molecule has 1 saturated carbocycles. The number of nitrogens with two attached hydrogens (primary N) is 1. The molecule has 2 aliphatic rings. The van der Waals surface area contributed by atoms with Crippen molar-refractivity contribution in [1.29, 1.82) is 5.41 Å². The second kappa shape index (κ2) is 9.62. The summed E-state index contributed by atoms with van der Waals surface area (Å²) >= 11 is 0. The van der Waals surface area contributed by atoms with E-state index in [-0.39, 0.29) is 48.1 Å². The Labute approximate surface area is 186 Å². The molecular weight excluding hydrogens is 415 g/mol. The maximum atomic E-state index is 14.2. The Bertz CT molecular complexity index is 905. The highest BCUT2D eigenvalue weighted by molar-refractivity contribution is 6.44. The minimum Gasteiger partial charge on any atom is -0.374 e. The lowest BCUT2D eigenvalue weighted by Gasteiger charge is -2.36. The van der Waals surface area contributed by atoms with Crippen molar-refractivity contribution < 1.29 is 18.8 Å². The number of nitrogens with one attached hydrogen (secondary N) is 3. The van der Waals surface area contributed by atoms with Gasteiger partial charge in [0.1, 0.15) is 17.9 Å². The molecule has 5 N–H and O–H groups in total. The lowest BCUT2D eigenvalue weighted by atomic mass is 9.75. The number of nitrogens with zero attached hydrogens (tertiary/aromatic N) is 2. The van der Waals surface area contributed by atoms with E-state index in [1.165, 1.54) is 23.4 Å². The van der Waals surface area contributed by atoms with E-state index in [0.717, 1.165) is 25.7 Å². The van der Waals surface area contributed by atoms with Gasteiger partial charge in [0.05, 0.1) is 25.0 Å². The van der Waals surface area contributed by atoms with Gasteiger partial charge in [-0.2, -0.15) is 0 Å². The fourth-order valence-electron chi connectivity index (χ4n) is 4.59. The molecule has 0 aromatic carbocycles.